The summed E-state index contributed by atoms with van der Waals surface area (Å²) in [6, 6.07) is 6.81. The van der Waals surface area contributed by atoms with Gasteiger partial charge in [0.1, 0.15) is 12.4 Å². The smallest absolute Gasteiger partial charge is 0.191 e. The predicted octanol–water partition coefficient (Wildman–Crippen LogP) is 2.60. The van der Waals surface area contributed by atoms with Crippen LogP contribution < -0.4 is 15.4 Å². The van der Waals surface area contributed by atoms with Gasteiger partial charge < -0.3 is 15.4 Å². The van der Waals surface area contributed by atoms with Crippen LogP contribution in [0.5, 0.6) is 5.75 Å². The van der Waals surface area contributed by atoms with E-state index in [1.807, 2.05) is 0 Å². The summed E-state index contributed by atoms with van der Waals surface area (Å²) in [5.41, 5.74) is 0. The van der Waals surface area contributed by atoms with E-state index in [2.05, 4.69) is 29.5 Å². The van der Waals surface area contributed by atoms with E-state index in [0.717, 1.165) is 12.4 Å². The topological polar surface area (TPSA) is 79.8 Å². The lowest BCUT2D eigenvalue weighted by Crippen LogP contribution is -2.43. The standard InChI is InChI=1S/C18H31N3O3S/c1-5-6-7-8-15(2)21-18(19-3)20-13-14-24-16-9-11-17(12-10-16)25(4,22)23/h9-12,15H,5-8,13-14H2,1-4H3,(H2,19,20,21). The number of ether oxygens (including phenoxy) is 1. The van der Waals surface area contributed by atoms with E-state index in [0.29, 0.717) is 29.8 Å². The van der Waals surface area contributed by atoms with Crippen LogP contribution in [-0.2, 0) is 9.84 Å². The van der Waals surface area contributed by atoms with E-state index in [9.17, 15) is 8.42 Å². The van der Waals surface area contributed by atoms with Gasteiger partial charge in [0.05, 0.1) is 11.4 Å². The van der Waals surface area contributed by atoms with E-state index >= 15 is 0 Å². The number of unbranched alkanes of at least 4 members (excludes halogenated alkanes) is 2. The maximum absolute atomic E-state index is 11.4. The summed E-state index contributed by atoms with van der Waals surface area (Å²) in [5.74, 6) is 1.41. The Balaban J connectivity index is 2.31. The van der Waals surface area contributed by atoms with Crippen molar-refractivity contribution in [2.75, 3.05) is 26.5 Å². The molecule has 7 heteroatoms. The molecule has 142 valence electrons. The molecule has 25 heavy (non-hydrogen) atoms. The first-order chi connectivity index (χ1) is 11.9. The molecule has 0 saturated heterocycles. The molecule has 0 saturated carbocycles. The highest BCUT2D eigenvalue weighted by molar-refractivity contribution is 7.90. The lowest BCUT2D eigenvalue weighted by Gasteiger charge is -2.18. The summed E-state index contributed by atoms with van der Waals surface area (Å²) in [6.07, 6.45) is 6.01. The zero-order valence-corrected chi connectivity index (χ0v) is 16.5. The van der Waals surface area contributed by atoms with Crippen molar-refractivity contribution in [3.63, 3.8) is 0 Å². The molecule has 1 rings (SSSR count). The van der Waals surface area contributed by atoms with E-state index in [1.54, 1.807) is 31.3 Å². The lowest BCUT2D eigenvalue weighted by molar-refractivity contribution is 0.321. The molecule has 0 aromatic heterocycles. The molecule has 0 spiro atoms. The molecule has 0 bridgehead atoms. The zero-order chi connectivity index (χ0) is 18.7. The Morgan fingerprint density at radius 3 is 2.48 bits per heavy atom. The number of guanidine groups is 1. The summed E-state index contributed by atoms with van der Waals surface area (Å²) in [4.78, 5) is 4.50. The largest absolute Gasteiger partial charge is 0.492 e. The molecule has 0 radical (unpaired) electrons. The summed E-state index contributed by atoms with van der Waals surface area (Å²) in [6.45, 7) is 5.42. The van der Waals surface area contributed by atoms with Crippen LogP contribution in [0.3, 0.4) is 0 Å². The quantitative estimate of drug-likeness (QED) is 0.376. The van der Waals surface area contributed by atoms with Gasteiger partial charge in [-0.3, -0.25) is 4.99 Å². The van der Waals surface area contributed by atoms with Gasteiger partial charge in [-0.15, -0.1) is 0 Å². The minimum Gasteiger partial charge on any atom is -0.492 e. The first-order valence-corrected chi connectivity index (χ1v) is 10.7. The van der Waals surface area contributed by atoms with Crippen LogP contribution in [-0.4, -0.2) is 46.9 Å². The SMILES string of the molecule is CCCCCC(C)NC(=NC)NCCOc1ccc(S(C)(=O)=O)cc1. The molecule has 1 atom stereocenters. The number of hydrogen-bond acceptors (Lipinski definition) is 4. The van der Waals surface area contributed by atoms with Gasteiger partial charge in [-0.1, -0.05) is 26.2 Å². The van der Waals surface area contributed by atoms with E-state index in [-0.39, 0.29) is 0 Å². The molecule has 1 unspecified atom stereocenters. The number of nitrogens with one attached hydrogen (secondary N) is 2. The minimum atomic E-state index is -3.17. The molecular weight excluding hydrogens is 338 g/mol. The third-order valence-electron chi connectivity index (χ3n) is 3.76. The van der Waals surface area contributed by atoms with Gasteiger partial charge in [0.2, 0.25) is 0 Å². The van der Waals surface area contributed by atoms with Crippen molar-refractivity contribution in [1.29, 1.82) is 0 Å². The fraction of sp³-hybridized carbons (Fsp3) is 0.611. The van der Waals surface area contributed by atoms with Gasteiger partial charge in [-0.05, 0) is 37.6 Å². The van der Waals surface area contributed by atoms with Crippen molar-refractivity contribution in [1.82, 2.24) is 10.6 Å². The first kappa shape index (κ1) is 21.3. The highest BCUT2D eigenvalue weighted by Gasteiger charge is 2.07. The lowest BCUT2D eigenvalue weighted by atomic mass is 10.1. The second kappa shape index (κ2) is 11.0. The third-order valence-corrected chi connectivity index (χ3v) is 4.89. The highest BCUT2D eigenvalue weighted by atomic mass is 32.2. The number of rotatable bonds is 10. The van der Waals surface area contributed by atoms with Gasteiger partial charge in [-0.25, -0.2) is 8.42 Å². The van der Waals surface area contributed by atoms with Gasteiger partial charge >= 0.3 is 0 Å². The summed E-state index contributed by atoms with van der Waals surface area (Å²) < 4.78 is 28.4. The molecule has 0 aliphatic carbocycles. The molecule has 0 aliphatic rings. The molecule has 6 nitrogen and oxygen atoms in total. The zero-order valence-electron chi connectivity index (χ0n) is 15.7. The Hall–Kier alpha value is -1.76. The second-order valence-electron chi connectivity index (χ2n) is 6.13. The Bertz CT molecular complexity index is 627. The maximum atomic E-state index is 11.4. The van der Waals surface area contributed by atoms with Crippen molar-refractivity contribution < 1.29 is 13.2 Å². The Labute approximate surface area is 152 Å². The molecule has 2 N–H and O–H groups in total. The summed E-state index contributed by atoms with van der Waals surface area (Å²) >= 11 is 0. The average molecular weight is 370 g/mol. The van der Waals surface area contributed by atoms with Crippen LogP contribution in [0.1, 0.15) is 39.5 Å². The second-order valence-corrected chi connectivity index (χ2v) is 8.15. The third kappa shape index (κ3) is 8.77. The number of nitrogens with zero attached hydrogens (tertiary/aromatic N) is 1. The molecule has 0 amide bonds. The predicted molar refractivity (Wildman–Crippen MR) is 103 cm³/mol. The molecule has 0 heterocycles. The van der Waals surface area contributed by atoms with E-state index < -0.39 is 9.84 Å². The average Bonchev–Trinajstić information content (AvgIpc) is 2.57. The summed E-state index contributed by atoms with van der Waals surface area (Å²) in [5, 5.41) is 6.58. The Morgan fingerprint density at radius 1 is 1.24 bits per heavy atom. The number of sulfone groups is 1. The Kier molecular flexibility index (Phi) is 9.34. The van der Waals surface area contributed by atoms with Crippen LogP contribution in [0.25, 0.3) is 0 Å². The number of aliphatic imine (C=N–C) groups is 1. The minimum absolute atomic E-state index is 0.291. The maximum Gasteiger partial charge on any atom is 0.191 e. The Morgan fingerprint density at radius 2 is 1.92 bits per heavy atom. The van der Waals surface area contributed by atoms with Crippen molar-refractivity contribution in [2.45, 2.75) is 50.5 Å². The molecule has 0 fully saturated rings. The highest BCUT2D eigenvalue weighted by Crippen LogP contribution is 2.15. The fourth-order valence-electron chi connectivity index (χ4n) is 2.32. The van der Waals surface area contributed by atoms with Crippen LogP contribution in [0, 0.1) is 0 Å². The normalized spacial score (nSPS) is 13.4. The first-order valence-electron chi connectivity index (χ1n) is 8.77. The monoisotopic (exact) mass is 369 g/mol. The van der Waals surface area contributed by atoms with Crippen LogP contribution in [0.15, 0.2) is 34.2 Å². The number of benzene rings is 1. The van der Waals surface area contributed by atoms with Gasteiger partial charge in [0.15, 0.2) is 15.8 Å². The fourth-order valence-corrected chi connectivity index (χ4v) is 2.95. The molecular formula is C18H31N3O3S. The molecule has 0 aliphatic heterocycles. The summed E-state index contributed by atoms with van der Waals surface area (Å²) in [7, 11) is -1.42. The van der Waals surface area contributed by atoms with Crippen molar-refractivity contribution in [2.24, 2.45) is 4.99 Å². The van der Waals surface area contributed by atoms with Crippen molar-refractivity contribution >= 4 is 15.8 Å². The van der Waals surface area contributed by atoms with Crippen LogP contribution in [0.2, 0.25) is 0 Å². The van der Waals surface area contributed by atoms with Gasteiger partial charge in [0.25, 0.3) is 0 Å². The van der Waals surface area contributed by atoms with Gasteiger partial charge in [-0.2, -0.15) is 0 Å². The molecule has 1 aromatic rings. The van der Waals surface area contributed by atoms with Crippen LogP contribution >= 0.6 is 0 Å². The van der Waals surface area contributed by atoms with E-state index in [1.165, 1.54) is 25.5 Å². The van der Waals surface area contributed by atoms with Crippen molar-refractivity contribution in [3.05, 3.63) is 24.3 Å². The van der Waals surface area contributed by atoms with Crippen molar-refractivity contribution in [3.8, 4) is 5.75 Å². The van der Waals surface area contributed by atoms with Gasteiger partial charge in [0, 0.05) is 19.3 Å². The molecule has 1 aromatic carbocycles. The number of hydrogen-bond donors (Lipinski definition) is 2. The van der Waals surface area contributed by atoms with Crippen LogP contribution in [0.4, 0.5) is 0 Å². The van der Waals surface area contributed by atoms with E-state index in [4.69, 9.17) is 4.74 Å².